The zero-order chi connectivity index (χ0) is 13.5. The monoisotopic (exact) mass is 271 g/mol. The van der Waals surface area contributed by atoms with Crippen LogP contribution in [-0.2, 0) is 0 Å². The van der Waals surface area contributed by atoms with Crippen molar-refractivity contribution >= 4 is 5.69 Å². The van der Waals surface area contributed by atoms with Crippen molar-refractivity contribution in [2.24, 2.45) is 5.73 Å². The normalized spacial score (nSPS) is 31.1. The van der Waals surface area contributed by atoms with E-state index < -0.39 is 0 Å². The summed E-state index contributed by atoms with van der Waals surface area (Å²) in [5, 5.41) is 0. The van der Waals surface area contributed by atoms with Crippen molar-refractivity contribution < 1.29 is 0 Å². The van der Waals surface area contributed by atoms with Gasteiger partial charge in [0.25, 0.3) is 0 Å². The highest BCUT2D eigenvalue weighted by molar-refractivity contribution is 5.50. The maximum Gasteiger partial charge on any atom is 0.0369 e. The van der Waals surface area contributed by atoms with Gasteiger partial charge in [-0.1, -0.05) is 12.1 Å². The Morgan fingerprint density at radius 1 is 1.05 bits per heavy atom. The first-order valence-electron chi connectivity index (χ1n) is 8.16. The highest BCUT2D eigenvalue weighted by Crippen LogP contribution is 2.40. The molecule has 0 radical (unpaired) electrons. The molecule has 3 aliphatic rings. The van der Waals surface area contributed by atoms with E-state index in [1.54, 1.807) is 0 Å². The summed E-state index contributed by atoms with van der Waals surface area (Å²) in [6.07, 6.45) is 5.23. The highest BCUT2D eigenvalue weighted by atomic mass is 15.2. The number of anilines is 1. The van der Waals surface area contributed by atoms with Gasteiger partial charge in [-0.05, 0) is 56.5 Å². The summed E-state index contributed by atoms with van der Waals surface area (Å²) in [5.74, 6) is 0.619. The second-order valence-corrected chi connectivity index (χ2v) is 6.71. The lowest BCUT2D eigenvalue weighted by Crippen LogP contribution is -2.50. The van der Waals surface area contributed by atoms with Gasteiger partial charge in [-0.3, -0.25) is 0 Å². The minimum Gasteiger partial charge on any atom is -0.371 e. The predicted molar refractivity (Wildman–Crippen MR) is 83.2 cm³/mol. The molecule has 3 fully saturated rings. The third kappa shape index (κ3) is 2.33. The number of hydrogen-bond donors (Lipinski definition) is 1. The second kappa shape index (κ2) is 5.05. The lowest BCUT2D eigenvalue weighted by molar-refractivity contribution is 0.100. The zero-order valence-corrected chi connectivity index (χ0v) is 12.2. The fourth-order valence-corrected chi connectivity index (χ4v) is 3.75. The maximum absolute atomic E-state index is 5.98. The van der Waals surface area contributed by atoms with Crippen LogP contribution in [-0.4, -0.2) is 43.2 Å². The van der Waals surface area contributed by atoms with Crippen LogP contribution in [0, 0.1) is 0 Å². The van der Waals surface area contributed by atoms with E-state index in [0.717, 1.165) is 6.04 Å². The van der Waals surface area contributed by atoms with Crippen molar-refractivity contribution in [3.05, 3.63) is 29.8 Å². The van der Waals surface area contributed by atoms with Gasteiger partial charge >= 0.3 is 0 Å². The smallest absolute Gasteiger partial charge is 0.0369 e. The first-order valence-corrected chi connectivity index (χ1v) is 8.16. The van der Waals surface area contributed by atoms with Crippen molar-refractivity contribution in [3.63, 3.8) is 0 Å². The van der Waals surface area contributed by atoms with Crippen molar-refractivity contribution in [2.45, 2.75) is 43.7 Å². The molecule has 3 nitrogen and oxygen atoms in total. The Morgan fingerprint density at radius 2 is 1.80 bits per heavy atom. The first kappa shape index (κ1) is 12.7. The molecule has 1 aliphatic carbocycles. The summed E-state index contributed by atoms with van der Waals surface area (Å²) in [4.78, 5) is 5.23. The van der Waals surface area contributed by atoms with Gasteiger partial charge in [0, 0.05) is 36.8 Å². The second-order valence-electron chi connectivity index (χ2n) is 6.71. The van der Waals surface area contributed by atoms with Crippen LogP contribution in [0.5, 0.6) is 0 Å². The summed E-state index contributed by atoms with van der Waals surface area (Å²) in [6.45, 7) is 5.09. The molecular weight excluding hydrogens is 246 g/mol. The third-order valence-electron chi connectivity index (χ3n) is 5.37. The van der Waals surface area contributed by atoms with Gasteiger partial charge in [-0.2, -0.15) is 0 Å². The Morgan fingerprint density at radius 3 is 2.40 bits per heavy atom. The third-order valence-corrected chi connectivity index (χ3v) is 5.37. The number of hydrogen-bond acceptors (Lipinski definition) is 3. The lowest BCUT2D eigenvalue weighted by Gasteiger charge is -2.43. The molecule has 0 aromatic heterocycles. The molecule has 1 aromatic carbocycles. The van der Waals surface area contributed by atoms with Crippen LogP contribution in [0.4, 0.5) is 5.69 Å². The largest absolute Gasteiger partial charge is 0.371 e. The molecule has 0 spiro atoms. The van der Waals surface area contributed by atoms with Gasteiger partial charge in [0.05, 0.1) is 0 Å². The number of nitrogens with two attached hydrogens (primary N) is 1. The quantitative estimate of drug-likeness (QED) is 0.914. The van der Waals surface area contributed by atoms with Crippen molar-refractivity contribution in [3.8, 4) is 0 Å². The molecule has 3 heteroatoms. The molecular formula is C17H25N3. The molecule has 1 aromatic rings. The van der Waals surface area contributed by atoms with Crippen LogP contribution < -0.4 is 10.6 Å². The van der Waals surface area contributed by atoms with E-state index in [4.69, 9.17) is 5.73 Å². The summed E-state index contributed by atoms with van der Waals surface area (Å²) < 4.78 is 0. The summed E-state index contributed by atoms with van der Waals surface area (Å²) >= 11 is 0. The van der Waals surface area contributed by atoms with Crippen LogP contribution in [0.1, 0.15) is 37.2 Å². The number of likely N-dealkylation sites (tertiary alicyclic amines) is 1. The van der Waals surface area contributed by atoms with Crippen molar-refractivity contribution in [2.75, 3.05) is 31.1 Å². The number of benzene rings is 1. The van der Waals surface area contributed by atoms with E-state index in [1.165, 1.54) is 63.1 Å². The van der Waals surface area contributed by atoms with E-state index in [9.17, 15) is 0 Å². The molecule has 2 aliphatic heterocycles. The maximum atomic E-state index is 5.98. The van der Waals surface area contributed by atoms with E-state index in [0.29, 0.717) is 12.0 Å². The fourth-order valence-electron chi connectivity index (χ4n) is 3.75. The number of piperidine rings is 1. The Balaban J connectivity index is 1.41. The van der Waals surface area contributed by atoms with Gasteiger partial charge < -0.3 is 15.5 Å². The zero-order valence-electron chi connectivity index (χ0n) is 12.2. The van der Waals surface area contributed by atoms with Crippen molar-refractivity contribution in [1.82, 2.24) is 4.90 Å². The standard InChI is InChI=1S/C17H25N3/c18-17-12-16(17)13-3-1-4-15(11-13)20-9-5-14(6-10-20)19-7-2-8-19/h1,3-4,11,14,16-17H,2,5-10,12,18H2. The van der Waals surface area contributed by atoms with Gasteiger partial charge in [0.2, 0.25) is 0 Å². The summed E-state index contributed by atoms with van der Waals surface area (Å²) in [5.41, 5.74) is 8.83. The van der Waals surface area contributed by atoms with Crippen LogP contribution in [0.15, 0.2) is 24.3 Å². The fraction of sp³-hybridized carbons (Fsp3) is 0.647. The molecule has 20 heavy (non-hydrogen) atoms. The van der Waals surface area contributed by atoms with Gasteiger partial charge in [-0.15, -0.1) is 0 Å². The average Bonchev–Trinajstić information content (AvgIpc) is 3.15. The van der Waals surface area contributed by atoms with Gasteiger partial charge in [-0.25, -0.2) is 0 Å². The van der Waals surface area contributed by atoms with Gasteiger partial charge in [0.15, 0.2) is 0 Å². The molecule has 108 valence electrons. The topological polar surface area (TPSA) is 32.5 Å². The molecule has 1 saturated carbocycles. The lowest BCUT2D eigenvalue weighted by atomic mass is 9.99. The Kier molecular flexibility index (Phi) is 3.20. The highest BCUT2D eigenvalue weighted by Gasteiger charge is 2.35. The molecule has 2 N–H and O–H groups in total. The van der Waals surface area contributed by atoms with Crippen LogP contribution in [0.3, 0.4) is 0 Å². The van der Waals surface area contributed by atoms with Gasteiger partial charge in [0.1, 0.15) is 0 Å². The summed E-state index contributed by atoms with van der Waals surface area (Å²) in [6, 6.07) is 10.3. The van der Waals surface area contributed by atoms with Crippen molar-refractivity contribution in [1.29, 1.82) is 0 Å². The van der Waals surface area contributed by atoms with E-state index in [1.807, 2.05) is 0 Å². The molecule has 2 unspecified atom stereocenters. The number of rotatable bonds is 3. The molecule has 4 rings (SSSR count). The van der Waals surface area contributed by atoms with Crippen LogP contribution in [0.25, 0.3) is 0 Å². The Hall–Kier alpha value is -1.06. The number of nitrogens with zero attached hydrogens (tertiary/aromatic N) is 2. The minimum atomic E-state index is 0.405. The summed E-state index contributed by atoms with van der Waals surface area (Å²) in [7, 11) is 0. The van der Waals surface area contributed by atoms with E-state index in [2.05, 4.69) is 34.1 Å². The molecule has 0 bridgehead atoms. The molecule has 2 atom stereocenters. The van der Waals surface area contributed by atoms with Crippen LogP contribution >= 0.6 is 0 Å². The van der Waals surface area contributed by atoms with E-state index >= 15 is 0 Å². The average molecular weight is 271 g/mol. The predicted octanol–water partition coefficient (Wildman–Crippen LogP) is 2.18. The molecule has 0 amide bonds. The molecule has 2 heterocycles. The first-order chi connectivity index (χ1) is 9.81. The van der Waals surface area contributed by atoms with E-state index in [-0.39, 0.29) is 0 Å². The Bertz CT molecular complexity index is 475. The SMILES string of the molecule is NC1CC1c1cccc(N2CCC(N3CCC3)CC2)c1. The minimum absolute atomic E-state index is 0.405. The van der Waals surface area contributed by atoms with Crippen LogP contribution in [0.2, 0.25) is 0 Å². The Labute approximate surface area is 121 Å². The molecule has 2 saturated heterocycles.